The zero-order valence-corrected chi connectivity index (χ0v) is 10.6. The van der Waals surface area contributed by atoms with Crippen molar-refractivity contribution in [2.75, 3.05) is 7.11 Å². The van der Waals surface area contributed by atoms with Crippen molar-refractivity contribution in [3.63, 3.8) is 0 Å². The molecule has 1 rings (SSSR count). The first-order valence-electron chi connectivity index (χ1n) is 3.07. The summed E-state index contributed by atoms with van der Waals surface area (Å²) in [5, 5.41) is 0. The van der Waals surface area contributed by atoms with Crippen LogP contribution in [-0.2, 0) is 16.0 Å². The minimum atomic E-state index is -0.242. The van der Waals surface area contributed by atoms with Crippen molar-refractivity contribution in [2.45, 2.75) is 6.42 Å². The van der Waals surface area contributed by atoms with E-state index in [1.54, 1.807) is 6.33 Å². The van der Waals surface area contributed by atoms with Gasteiger partial charge in [0.25, 0.3) is 0 Å². The summed E-state index contributed by atoms with van der Waals surface area (Å²) in [6.07, 6.45) is 3.86. The van der Waals surface area contributed by atoms with Crippen molar-refractivity contribution in [1.29, 1.82) is 0 Å². The van der Waals surface area contributed by atoms with Crippen molar-refractivity contribution < 1.29 is 9.53 Å². The van der Waals surface area contributed by atoms with Gasteiger partial charge in [-0.25, -0.2) is 0 Å². The normalized spacial score (nSPS) is 9.45. The van der Waals surface area contributed by atoms with Crippen LogP contribution in [0.4, 0.5) is 0 Å². The summed E-state index contributed by atoms with van der Waals surface area (Å²) in [4.78, 5) is 14.7. The number of hydrogen-bond acceptors (Lipinski definition) is 3. The second kappa shape index (κ2) is 3.84. The molecule has 56 valence electrons. The zero-order valence-electron chi connectivity index (χ0n) is 6.15. The molecule has 1 aromatic heterocycles. The summed E-state index contributed by atoms with van der Waals surface area (Å²) >= 11 is 0.707. The molecule has 0 amide bonds. The molecule has 0 aliphatic carbocycles. The Balaban J connectivity index is 2.57. The molecule has 4 nitrogen and oxygen atoms in total. The van der Waals surface area contributed by atoms with E-state index in [0.717, 1.165) is 5.69 Å². The Morgan fingerprint density at radius 3 is 3.09 bits per heavy atom. The maximum atomic E-state index is 10.7. The van der Waals surface area contributed by atoms with Gasteiger partial charge in [-0.3, -0.25) is 0 Å². The van der Waals surface area contributed by atoms with Gasteiger partial charge in [-0.05, 0) is 0 Å². The number of carbonyl (C=O) groups excluding carboxylic acids is 1. The van der Waals surface area contributed by atoms with Crippen LogP contribution in [0.25, 0.3) is 0 Å². The number of hydrogen-bond donors (Lipinski definition) is 0. The molecule has 0 atom stereocenters. The fraction of sp³-hybridized carbons (Fsp3) is 0.333. The molecule has 1 heterocycles. The fourth-order valence-corrected chi connectivity index (χ4v) is 1.62. The van der Waals surface area contributed by atoms with E-state index in [9.17, 15) is 4.79 Å². The molecule has 0 bridgehead atoms. The molecule has 0 N–H and O–H groups in total. The molecule has 5 heteroatoms. The van der Waals surface area contributed by atoms with Crippen LogP contribution in [0.5, 0.6) is 0 Å². The van der Waals surface area contributed by atoms with Crippen LogP contribution in [0, 0.1) is 0 Å². The van der Waals surface area contributed by atoms with Crippen LogP contribution in [-0.4, -0.2) is 46.5 Å². The summed E-state index contributed by atoms with van der Waals surface area (Å²) in [5.74, 6) is -0.242. The molecule has 1 aromatic rings. The van der Waals surface area contributed by atoms with E-state index < -0.39 is 0 Å². The van der Waals surface area contributed by atoms with Crippen LogP contribution in [0.15, 0.2) is 12.5 Å². The van der Waals surface area contributed by atoms with Crippen LogP contribution < -0.4 is 0 Å². The topological polar surface area (TPSA) is 44.1 Å². The van der Waals surface area contributed by atoms with Crippen molar-refractivity contribution in [3.05, 3.63) is 18.2 Å². The third-order valence-electron chi connectivity index (χ3n) is 1.21. The third-order valence-corrected chi connectivity index (χ3v) is 2.31. The van der Waals surface area contributed by atoms with E-state index >= 15 is 0 Å². The van der Waals surface area contributed by atoms with Gasteiger partial charge in [0.2, 0.25) is 0 Å². The number of carbonyl (C=O) groups is 1. The zero-order chi connectivity index (χ0) is 8.27. The predicted octanol–water partition coefficient (Wildman–Crippen LogP) is -0.470. The molecule has 0 unspecified atom stereocenters. The van der Waals surface area contributed by atoms with E-state index in [1.165, 1.54) is 7.11 Å². The Hall–Kier alpha value is -0.398. The molecular weight excluding hydrogens is 336 g/mol. The van der Waals surface area contributed by atoms with Gasteiger partial charge in [0.1, 0.15) is 0 Å². The van der Waals surface area contributed by atoms with E-state index in [-0.39, 0.29) is 12.4 Å². The molecule has 0 radical (unpaired) electrons. The Labute approximate surface area is 80.7 Å². The molecule has 0 fully saturated rings. The first kappa shape index (κ1) is 8.70. The summed E-state index contributed by atoms with van der Waals surface area (Å²) in [7, 11) is 1.38. The first-order valence-corrected chi connectivity index (χ1v) is 5.08. The van der Waals surface area contributed by atoms with Gasteiger partial charge in [0, 0.05) is 0 Å². The number of rotatable bonds is 2. The molecule has 0 aliphatic rings. The standard InChI is InChI=1S/C6H7N2O2.Tl/c1-10-6(9)2-5-3-7-4-8-5;/h3-4H,2H2,1H3;/q-1;+1. The van der Waals surface area contributed by atoms with Crippen molar-refractivity contribution in [1.82, 2.24) is 7.36 Å². The minimum absolute atomic E-state index is 0.242. The first-order chi connectivity index (χ1) is 5.22. The van der Waals surface area contributed by atoms with Gasteiger partial charge >= 0.3 is 80.7 Å². The molecule has 0 saturated heterocycles. The summed E-state index contributed by atoms with van der Waals surface area (Å²) in [6, 6.07) is 0. The number of ether oxygens (including phenoxy) is 1. The van der Waals surface area contributed by atoms with Gasteiger partial charge in [0.15, 0.2) is 0 Å². The molecule has 0 aliphatic heterocycles. The molecule has 0 aromatic carbocycles. The van der Waals surface area contributed by atoms with E-state index in [2.05, 4.69) is 9.72 Å². The van der Waals surface area contributed by atoms with Crippen LogP contribution in [0.1, 0.15) is 5.69 Å². The second-order valence-electron chi connectivity index (χ2n) is 2.07. The Bertz CT molecular complexity index is 259. The van der Waals surface area contributed by atoms with Crippen LogP contribution in [0.2, 0.25) is 0 Å². The molecule has 0 saturated carbocycles. The molecule has 0 spiro atoms. The number of methoxy groups -OCH3 is 1. The van der Waals surface area contributed by atoms with Gasteiger partial charge in [-0.2, -0.15) is 0 Å². The van der Waals surface area contributed by atoms with Crippen LogP contribution >= 0.6 is 0 Å². The Morgan fingerprint density at radius 1 is 1.91 bits per heavy atom. The van der Waals surface area contributed by atoms with Gasteiger partial charge < -0.3 is 0 Å². The van der Waals surface area contributed by atoms with Gasteiger partial charge in [-0.1, -0.05) is 0 Å². The summed E-state index contributed by atoms with van der Waals surface area (Å²) in [6.45, 7) is 0. The van der Waals surface area contributed by atoms with Crippen molar-refractivity contribution >= 4 is 32.0 Å². The number of imidazole rings is 1. The number of aromatic nitrogens is 2. The SMILES string of the molecule is COC(=O)Cc1c[n]([Tl])cn1. The number of esters is 1. The Kier molecular flexibility index (Phi) is 3.04. The fourth-order valence-electron chi connectivity index (χ4n) is 0.691. The summed E-state index contributed by atoms with van der Waals surface area (Å²) < 4.78 is 6.45. The quantitative estimate of drug-likeness (QED) is 0.539. The monoisotopic (exact) mass is 344 g/mol. The number of nitrogens with zero attached hydrogens (tertiary/aromatic N) is 2. The second-order valence-corrected chi connectivity index (χ2v) is 4.38. The predicted molar refractivity (Wildman–Crippen MR) is 39.1 cm³/mol. The van der Waals surface area contributed by atoms with Gasteiger partial charge in [-0.15, -0.1) is 0 Å². The van der Waals surface area contributed by atoms with Crippen LogP contribution in [0.3, 0.4) is 0 Å². The van der Waals surface area contributed by atoms with E-state index in [0.29, 0.717) is 26.1 Å². The van der Waals surface area contributed by atoms with E-state index in [1.807, 2.05) is 8.57 Å². The average Bonchev–Trinajstić information content (AvgIpc) is 2.35. The average molecular weight is 344 g/mol. The van der Waals surface area contributed by atoms with E-state index in [4.69, 9.17) is 0 Å². The summed E-state index contributed by atoms with van der Waals surface area (Å²) in [5.41, 5.74) is 0.777. The van der Waals surface area contributed by atoms with Crippen molar-refractivity contribution in [3.8, 4) is 0 Å². The van der Waals surface area contributed by atoms with Gasteiger partial charge in [0.05, 0.1) is 0 Å². The maximum absolute atomic E-state index is 10.7. The molecular formula is C6H7N2O2Tl. The molecule has 11 heavy (non-hydrogen) atoms. The van der Waals surface area contributed by atoms with Crippen molar-refractivity contribution in [2.24, 2.45) is 0 Å². The Morgan fingerprint density at radius 2 is 2.64 bits per heavy atom. The third kappa shape index (κ3) is 2.60.